The molecule has 0 spiro atoms. The molecule has 0 amide bonds. The van der Waals surface area contributed by atoms with Crippen LogP contribution in [0.5, 0.6) is 11.5 Å². The lowest BCUT2D eigenvalue weighted by Crippen LogP contribution is -2.38. The third kappa shape index (κ3) is 5.60. The number of anilines is 1. The molecule has 2 aromatic carbocycles. The topological polar surface area (TPSA) is 120 Å². The molecule has 184 valence electrons. The minimum Gasteiger partial charge on any atom is -0.491 e. The monoisotopic (exact) mass is 492 g/mol. The summed E-state index contributed by atoms with van der Waals surface area (Å²) in [6, 6.07) is 8.33. The van der Waals surface area contributed by atoms with Crippen molar-refractivity contribution in [2.24, 2.45) is 5.14 Å². The van der Waals surface area contributed by atoms with E-state index in [0.717, 1.165) is 31.5 Å². The van der Waals surface area contributed by atoms with Gasteiger partial charge in [-0.2, -0.15) is 9.37 Å². The number of halogens is 1. The maximum Gasteiger partial charge on any atom is 0.295 e. The van der Waals surface area contributed by atoms with Gasteiger partial charge in [-0.05, 0) is 62.6 Å². The Labute approximate surface area is 198 Å². The van der Waals surface area contributed by atoms with Gasteiger partial charge >= 0.3 is 0 Å². The number of hydrogen-bond donors (Lipinski definition) is 2. The van der Waals surface area contributed by atoms with Crippen LogP contribution in [-0.2, 0) is 16.6 Å². The van der Waals surface area contributed by atoms with Crippen LogP contribution in [0.4, 0.5) is 10.4 Å². The standard InChI is InChI=1S/C23H29FN4O5S/c1-3-31-20-11-15(12-21(22(20)24)32-4-2)14-28-9-7-16(8-10-28)26-23-27-18-13-17(34(25,29)30)5-6-19(18)33-23/h5-6,11-13,16H,3-4,7-10,14H2,1-2H3,(H,26,27)(H2,25,29,30). The van der Waals surface area contributed by atoms with Crippen molar-refractivity contribution in [2.45, 2.75) is 44.2 Å². The fourth-order valence-electron chi connectivity index (χ4n) is 4.05. The van der Waals surface area contributed by atoms with Crippen molar-refractivity contribution >= 4 is 27.1 Å². The van der Waals surface area contributed by atoms with E-state index in [9.17, 15) is 12.8 Å². The molecule has 0 bridgehead atoms. The number of rotatable bonds is 9. The fraction of sp³-hybridized carbons (Fsp3) is 0.435. The summed E-state index contributed by atoms with van der Waals surface area (Å²) in [5, 5.41) is 8.48. The van der Waals surface area contributed by atoms with Gasteiger partial charge in [0.05, 0.1) is 18.1 Å². The number of oxazole rings is 1. The Morgan fingerprint density at radius 2 is 1.79 bits per heavy atom. The van der Waals surface area contributed by atoms with Crippen molar-refractivity contribution in [3.63, 3.8) is 0 Å². The van der Waals surface area contributed by atoms with Crippen LogP contribution in [0, 0.1) is 5.82 Å². The molecule has 0 aliphatic carbocycles. The quantitative estimate of drug-likeness (QED) is 0.466. The van der Waals surface area contributed by atoms with E-state index in [4.69, 9.17) is 19.0 Å². The van der Waals surface area contributed by atoms with Gasteiger partial charge in [-0.15, -0.1) is 0 Å². The first kappa shape index (κ1) is 24.2. The number of aromatic nitrogens is 1. The number of sulfonamides is 1. The van der Waals surface area contributed by atoms with Gasteiger partial charge in [0.1, 0.15) is 5.52 Å². The van der Waals surface area contributed by atoms with E-state index < -0.39 is 15.8 Å². The molecule has 0 saturated carbocycles. The third-order valence-corrected chi connectivity index (χ3v) is 6.59. The summed E-state index contributed by atoms with van der Waals surface area (Å²) >= 11 is 0. The molecule has 4 rings (SSSR count). The molecular formula is C23H29FN4O5S. The van der Waals surface area contributed by atoms with Gasteiger partial charge in [-0.3, -0.25) is 4.90 Å². The van der Waals surface area contributed by atoms with Crippen LogP contribution in [0.15, 0.2) is 39.6 Å². The highest BCUT2D eigenvalue weighted by molar-refractivity contribution is 7.89. The molecule has 2 heterocycles. The van der Waals surface area contributed by atoms with E-state index in [1.165, 1.54) is 12.1 Å². The molecule has 3 N–H and O–H groups in total. The number of nitrogens with zero attached hydrogens (tertiary/aromatic N) is 2. The Bertz CT molecular complexity index is 1230. The van der Waals surface area contributed by atoms with Crippen LogP contribution in [0.2, 0.25) is 0 Å². The summed E-state index contributed by atoms with van der Waals surface area (Å²) < 4.78 is 54.2. The van der Waals surface area contributed by atoms with Crippen LogP contribution < -0.4 is 19.9 Å². The third-order valence-electron chi connectivity index (χ3n) is 5.67. The van der Waals surface area contributed by atoms with Crippen LogP contribution in [0.1, 0.15) is 32.3 Å². The molecule has 0 unspecified atom stereocenters. The highest BCUT2D eigenvalue weighted by Crippen LogP contribution is 2.30. The lowest BCUT2D eigenvalue weighted by molar-refractivity contribution is 0.209. The highest BCUT2D eigenvalue weighted by atomic mass is 32.2. The van der Waals surface area contributed by atoms with Crippen LogP contribution in [0.3, 0.4) is 0 Å². The Balaban J connectivity index is 1.37. The number of ether oxygens (including phenoxy) is 2. The second-order valence-corrected chi connectivity index (χ2v) is 9.72. The van der Waals surface area contributed by atoms with Crippen molar-refractivity contribution < 1.29 is 26.7 Å². The zero-order valence-electron chi connectivity index (χ0n) is 19.2. The van der Waals surface area contributed by atoms with Gasteiger partial charge in [0, 0.05) is 25.7 Å². The average molecular weight is 493 g/mol. The molecule has 3 aromatic rings. The number of primary sulfonamides is 1. The van der Waals surface area contributed by atoms with Gasteiger partial charge < -0.3 is 19.2 Å². The number of fused-ring (bicyclic) bond motifs is 1. The molecule has 1 aromatic heterocycles. The smallest absolute Gasteiger partial charge is 0.295 e. The second-order valence-electron chi connectivity index (χ2n) is 8.16. The first-order valence-electron chi connectivity index (χ1n) is 11.3. The largest absolute Gasteiger partial charge is 0.491 e. The average Bonchev–Trinajstić information content (AvgIpc) is 3.19. The lowest BCUT2D eigenvalue weighted by Gasteiger charge is -2.32. The molecule has 1 aliphatic heterocycles. The minimum absolute atomic E-state index is 0.00561. The predicted octanol–water partition coefficient (Wildman–Crippen LogP) is 3.49. The molecule has 1 saturated heterocycles. The molecule has 9 nitrogen and oxygen atoms in total. The van der Waals surface area contributed by atoms with Gasteiger partial charge in [-0.25, -0.2) is 13.6 Å². The normalized spacial score (nSPS) is 15.5. The highest BCUT2D eigenvalue weighted by Gasteiger charge is 2.22. The summed E-state index contributed by atoms with van der Waals surface area (Å²) in [5.74, 6) is -0.0482. The van der Waals surface area contributed by atoms with Crippen molar-refractivity contribution in [1.29, 1.82) is 0 Å². The molecule has 1 aliphatic rings. The van der Waals surface area contributed by atoms with Crippen molar-refractivity contribution in [2.75, 3.05) is 31.6 Å². The zero-order valence-corrected chi connectivity index (χ0v) is 20.0. The minimum atomic E-state index is -3.80. The van der Waals surface area contributed by atoms with Crippen molar-refractivity contribution in [3.05, 3.63) is 41.7 Å². The number of likely N-dealkylation sites (tertiary alicyclic amines) is 1. The van der Waals surface area contributed by atoms with Gasteiger partial charge in [-0.1, -0.05) is 0 Å². The van der Waals surface area contributed by atoms with Crippen LogP contribution in [0.25, 0.3) is 11.1 Å². The fourth-order valence-corrected chi connectivity index (χ4v) is 4.59. The number of benzene rings is 2. The molecule has 11 heteroatoms. The van der Waals surface area contributed by atoms with Crippen LogP contribution >= 0.6 is 0 Å². The van der Waals surface area contributed by atoms with Crippen molar-refractivity contribution in [1.82, 2.24) is 9.88 Å². The number of hydrogen-bond acceptors (Lipinski definition) is 8. The van der Waals surface area contributed by atoms with Gasteiger partial charge in [0.2, 0.25) is 15.8 Å². The van der Waals surface area contributed by atoms with Crippen LogP contribution in [-0.4, -0.2) is 50.6 Å². The lowest BCUT2D eigenvalue weighted by atomic mass is 10.0. The summed E-state index contributed by atoms with van der Waals surface area (Å²) in [4.78, 5) is 6.64. The van der Waals surface area contributed by atoms with E-state index in [0.29, 0.717) is 36.9 Å². The van der Waals surface area contributed by atoms with E-state index in [1.54, 1.807) is 18.2 Å². The Morgan fingerprint density at radius 1 is 1.15 bits per heavy atom. The van der Waals surface area contributed by atoms with Crippen molar-refractivity contribution in [3.8, 4) is 11.5 Å². The number of nitrogens with two attached hydrogens (primary N) is 1. The molecular weight excluding hydrogens is 463 g/mol. The first-order chi connectivity index (χ1) is 16.3. The predicted molar refractivity (Wildman–Crippen MR) is 126 cm³/mol. The first-order valence-corrected chi connectivity index (χ1v) is 12.8. The summed E-state index contributed by atoms with van der Waals surface area (Å²) in [7, 11) is -3.80. The zero-order chi connectivity index (χ0) is 24.3. The SMILES string of the molecule is CCOc1cc(CN2CCC(Nc3nc4cc(S(N)(=O)=O)ccc4o3)CC2)cc(OCC)c1F. The summed E-state index contributed by atoms with van der Waals surface area (Å²) in [6.45, 7) is 6.72. The number of piperidine rings is 1. The molecule has 1 fully saturated rings. The second kappa shape index (κ2) is 10.2. The Morgan fingerprint density at radius 3 is 2.38 bits per heavy atom. The van der Waals surface area contributed by atoms with Gasteiger partial charge in [0.25, 0.3) is 6.01 Å². The summed E-state index contributed by atoms with van der Waals surface area (Å²) in [5.41, 5.74) is 1.85. The molecule has 34 heavy (non-hydrogen) atoms. The molecule has 0 atom stereocenters. The van der Waals surface area contributed by atoms with Gasteiger partial charge in [0.15, 0.2) is 17.1 Å². The Kier molecular flexibility index (Phi) is 7.24. The van der Waals surface area contributed by atoms with E-state index >= 15 is 0 Å². The van der Waals surface area contributed by atoms with E-state index in [2.05, 4.69) is 15.2 Å². The maximum atomic E-state index is 14.5. The molecule has 0 radical (unpaired) electrons. The summed E-state index contributed by atoms with van der Waals surface area (Å²) in [6.07, 6.45) is 1.72. The maximum absolute atomic E-state index is 14.5. The Hall–Kier alpha value is -2.89. The van der Waals surface area contributed by atoms with E-state index in [1.807, 2.05) is 13.8 Å². The number of nitrogens with one attached hydrogen (secondary N) is 1. The van der Waals surface area contributed by atoms with E-state index in [-0.39, 0.29) is 22.4 Å².